The van der Waals surface area contributed by atoms with Gasteiger partial charge in [0.15, 0.2) is 5.16 Å². The summed E-state index contributed by atoms with van der Waals surface area (Å²) in [5, 5.41) is 11.4. The fourth-order valence-corrected chi connectivity index (χ4v) is 4.78. The third-order valence-electron chi connectivity index (χ3n) is 3.97. The van der Waals surface area contributed by atoms with Crippen molar-refractivity contribution in [3.8, 4) is 0 Å². The lowest BCUT2D eigenvalue weighted by Crippen LogP contribution is -2.23. The summed E-state index contributed by atoms with van der Waals surface area (Å²) in [7, 11) is -0.907. The number of aryl methyl sites for hydroxylation is 2. The molecular formula is C17H19ClN6O3S2. The first-order chi connectivity index (χ1) is 13.6. The highest BCUT2D eigenvalue weighted by Gasteiger charge is 2.21. The molecule has 2 heterocycles. The monoisotopic (exact) mass is 454 g/mol. The molecule has 1 amide bonds. The molecule has 2 aromatic heterocycles. The van der Waals surface area contributed by atoms with Crippen LogP contribution in [0.5, 0.6) is 0 Å². The molecule has 0 aliphatic rings. The molecule has 29 heavy (non-hydrogen) atoms. The van der Waals surface area contributed by atoms with Crippen LogP contribution in [0.1, 0.15) is 11.4 Å². The van der Waals surface area contributed by atoms with E-state index >= 15 is 0 Å². The molecule has 0 saturated carbocycles. The molecule has 3 aromatic rings. The van der Waals surface area contributed by atoms with Crippen molar-refractivity contribution in [1.82, 2.24) is 23.9 Å². The lowest BCUT2D eigenvalue weighted by atomic mass is 10.3. The Bertz CT molecular complexity index is 1190. The molecule has 0 aliphatic carbocycles. The summed E-state index contributed by atoms with van der Waals surface area (Å²) in [6.45, 7) is 3.79. The second-order valence-corrected chi connectivity index (χ2v) is 9.90. The molecule has 9 nitrogen and oxygen atoms in total. The maximum Gasteiger partial charge on any atom is 0.256 e. The third-order valence-corrected chi connectivity index (χ3v) is 7.19. The molecule has 0 bridgehead atoms. The number of hydrogen-bond acceptors (Lipinski definition) is 7. The number of anilines is 1. The number of fused-ring (bicyclic) bond motifs is 1. The lowest BCUT2D eigenvalue weighted by molar-refractivity contribution is -0.113. The zero-order chi connectivity index (χ0) is 21.3. The summed E-state index contributed by atoms with van der Waals surface area (Å²) in [6, 6.07) is 6.22. The standard InChI is InChI=1S/C17H19ClN6O3S2/c1-10-7-11(2)24-16(19-10)21-22-17(24)28-9-15(25)20-12-5-6-13(18)14(8-12)29(26,27)23(3)4/h5-8H,9H2,1-4H3,(H,20,25). The van der Waals surface area contributed by atoms with Crippen LogP contribution in [-0.4, -0.2) is 58.1 Å². The molecule has 0 fully saturated rings. The summed E-state index contributed by atoms with van der Waals surface area (Å²) in [4.78, 5) is 16.6. The maximum absolute atomic E-state index is 12.4. The van der Waals surface area contributed by atoms with Gasteiger partial charge in [0.2, 0.25) is 15.9 Å². The Hall–Kier alpha value is -2.21. The fraction of sp³-hybridized carbons (Fsp3) is 0.294. The lowest BCUT2D eigenvalue weighted by Gasteiger charge is -2.14. The van der Waals surface area contributed by atoms with Gasteiger partial charge in [-0.15, -0.1) is 10.2 Å². The molecular weight excluding hydrogens is 436 g/mol. The maximum atomic E-state index is 12.4. The number of carbonyl (C=O) groups is 1. The number of rotatable bonds is 6. The highest BCUT2D eigenvalue weighted by molar-refractivity contribution is 7.99. The average molecular weight is 455 g/mol. The number of hydrogen-bond donors (Lipinski definition) is 1. The zero-order valence-corrected chi connectivity index (χ0v) is 18.6. The van der Waals surface area contributed by atoms with E-state index in [4.69, 9.17) is 11.6 Å². The number of halogens is 1. The van der Waals surface area contributed by atoms with Crippen molar-refractivity contribution in [3.05, 3.63) is 40.7 Å². The molecule has 0 unspecified atom stereocenters. The second-order valence-electron chi connectivity index (χ2n) is 6.43. The van der Waals surface area contributed by atoms with Gasteiger partial charge in [-0.05, 0) is 38.1 Å². The minimum atomic E-state index is -3.73. The van der Waals surface area contributed by atoms with Crippen molar-refractivity contribution in [1.29, 1.82) is 0 Å². The Balaban J connectivity index is 1.74. The van der Waals surface area contributed by atoms with Crippen LogP contribution in [0.2, 0.25) is 5.02 Å². The van der Waals surface area contributed by atoms with E-state index in [1.165, 1.54) is 38.0 Å². The quantitative estimate of drug-likeness (QED) is 0.569. The summed E-state index contributed by atoms with van der Waals surface area (Å²) < 4.78 is 27.5. The van der Waals surface area contributed by atoms with Crippen LogP contribution in [0.4, 0.5) is 5.69 Å². The molecule has 154 valence electrons. The van der Waals surface area contributed by atoms with E-state index in [9.17, 15) is 13.2 Å². The summed E-state index contributed by atoms with van der Waals surface area (Å²) in [5.74, 6) is 0.216. The normalized spacial score (nSPS) is 11.9. The summed E-state index contributed by atoms with van der Waals surface area (Å²) in [6.07, 6.45) is 0. The molecule has 0 spiro atoms. The zero-order valence-electron chi connectivity index (χ0n) is 16.2. The number of benzene rings is 1. The van der Waals surface area contributed by atoms with Crippen molar-refractivity contribution in [2.45, 2.75) is 23.9 Å². The van der Waals surface area contributed by atoms with E-state index in [1.54, 1.807) is 10.5 Å². The van der Waals surface area contributed by atoms with E-state index < -0.39 is 10.0 Å². The number of amides is 1. The Kier molecular flexibility index (Phi) is 6.13. The van der Waals surface area contributed by atoms with Crippen LogP contribution >= 0.6 is 23.4 Å². The molecule has 12 heteroatoms. The highest BCUT2D eigenvalue weighted by atomic mass is 35.5. The molecule has 1 N–H and O–H groups in total. The summed E-state index contributed by atoms with van der Waals surface area (Å²) >= 11 is 7.23. The first-order valence-corrected chi connectivity index (χ1v) is 11.2. The van der Waals surface area contributed by atoms with Crippen molar-refractivity contribution >= 4 is 50.8 Å². The van der Waals surface area contributed by atoms with Gasteiger partial charge in [-0.25, -0.2) is 17.7 Å². The predicted molar refractivity (Wildman–Crippen MR) is 112 cm³/mol. The molecule has 0 aliphatic heterocycles. The van der Waals surface area contributed by atoms with Crippen LogP contribution < -0.4 is 5.32 Å². The number of nitrogens with zero attached hydrogens (tertiary/aromatic N) is 5. The third kappa shape index (κ3) is 4.53. The van der Waals surface area contributed by atoms with E-state index in [0.717, 1.165) is 15.7 Å². The van der Waals surface area contributed by atoms with Crippen LogP contribution in [0.15, 0.2) is 34.3 Å². The predicted octanol–water partition coefficient (Wildman–Crippen LogP) is 2.38. The Labute approximate surface area is 177 Å². The molecule has 1 aromatic carbocycles. The number of carbonyl (C=O) groups excluding carboxylic acids is 1. The average Bonchev–Trinajstić information content (AvgIpc) is 3.04. The number of thioether (sulfide) groups is 1. The summed E-state index contributed by atoms with van der Waals surface area (Å²) in [5.41, 5.74) is 2.08. The molecule has 0 saturated heterocycles. The second kappa shape index (κ2) is 8.27. The van der Waals surface area contributed by atoms with E-state index in [-0.39, 0.29) is 21.6 Å². The van der Waals surface area contributed by atoms with Crippen LogP contribution in [0, 0.1) is 13.8 Å². The van der Waals surface area contributed by atoms with E-state index in [1.807, 2.05) is 19.9 Å². The van der Waals surface area contributed by atoms with Crippen molar-refractivity contribution < 1.29 is 13.2 Å². The van der Waals surface area contributed by atoms with Gasteiger partial charge in [0.1, 0.15) is 4.90 Å². The smallest absolute Gasteiger partial charge is 0.256 e. The van der Waals surface area contributed by atoms with Crippen LogP contribution in [-0.2, 0) is 14.8 Å². The van der Waals surface area contributed by atoms with Gasteiger partial charge in [-0.1, -0.05) is 23.4 Å². The van der Waals surface area contributed by atoms with Gasteiger partial charge >= 0.3 is 0 Å². The van der Waals surface area contributed by atoms with Crippen LogP contribution in [0.25, 0.3) is 5.78 Å². The minimum Gasteiger partial charge on any atom is -0.325 e. The van der Waals surface area contributed by atoms with Gasteiger partial charge in [0, 0.05) is 31.2 Å². The highest BCUT2D eigenvalue weighted by Crippen LogP contribution is 2.27. The number of sulfonamides is 1. The Morgan fingerprint density at radius 1 is 1.24 bits per heavy atom. The first-order valence-electron chi connectivity index (χ1n) is 8.43. The largest absolute Gasteiger partial charge is 0.325 e. The van der Waals surface area contributed by atoms with Crippen molar-refractivity contribution in [2.24, 2.45) is 0 Å². The van der Waals surface area contributed by atoms with E-state index in [0.29, 0.717) is 16.6 Å². The number of nitrogens with one attached hydrogen (secondary N) is 1. The van der Waals surface area contributed by atoms with Gasteiger partial charge in [-0.3, -0.25) is 9.20 Å². The van der Waals surface area contributed by atoms with Gasteiger partial charge in [-0.2, -0.15) is 0 Å². The van der Waals surface area contributed by atoms with Gasteiger partial charge in [0.25, 0.3) is 5.78 Å². The van der Waals surface area contributed by atoms with Gasteiger partial charge in [0.05, 0.1) is 10.8 Å². The molecule has 3 rings (SSSR count). The van der Waals surface area contributed by atoms with Crippen molar-refractivity contribution in [3.63, 3.8) is 0 Å². The topological polar surface area (TPSA) is 110 Å². The van der Waals surface area contributed by atoms with E-state index in [2.05, 4.69) is 20.5 Å². The number of aromatic nitrogens is 4. The molecule has 0 radical (unpaired) electrons. The molecule has 0 atom stereocenters. The first kappa shape index (κ1) is 21.5. The van der Waals surface area contributed by atoms with Crippen LogP contribution in [0.3, 0.4) is 0 Å². The Morgan fingerprint density at radius 3 is 2.66 bits per heavy atom. The van der Waals surface area contributed by atoms with Gasteiger partial charge < -0.3 is 5.32 Å². The SMILES string of the molecule is Cc1cc(C)n2c(SCC(=O)Nc3ccc(Cl)c(S(=O)(=O)N(C)C)c3)nnc2n1. The Morgan fingerprint density at radius 2 is 1.97 bits per heavy atom. The van der Waals surface area contributed by atoms with Crippen molar-refractivity contribution in [2.75, 3.05) is 25.2 Å². The fourth-order valence-electron chi connectivity index (χ4n) is 2.60. The minimum absolute atomic E-state index is 0.0620.